The molecular weight excluding hydrogens is 164 g/mol. The Balaban J connectivity index is 2.56. The number of halogens is 2. The average Bonchev–Trinajstić information content (AvgIpc) is 2.04. The van der Waals surface area contributed by atoms with Gasteiger partial charge in [-0.2, -0.15) is 0 Å². The van der Waals surface area contributed by atoms with Crippen molar-refractivity contribution in [1.29, 1.82) is 0 Å². The van der Waals surface area contributed by atoms with Crippen LogP contribution >= 0.6 is 0 Å². The Morgan fingerprint density at radius 1 is 1.33 bits per heavy atom. The third-order valence-corrected chi connectivity index (χ3v) is 2.71. The summed E-state index contributed by atoms with van der Waals surface area (Å²) in [5.74, 6) is 0. The van der Waals surface area contributed by atoms with Gasteiger partial charge in [0.05, 0.1) is 6.04 Å². The first kappa shape index (κ1) is 9.86. The first-order valence-electron chi connectivity index (χ1n) is 4.18. The molecule has 0 aromatic carbocycles. The second kappa shape index (κ2) is 3.66. The molecule has 1 fully saturated rings. The molecule has 0 amide bonds. The van der Waals surface area contributed by atoms with Gasteiger partial charge >= 0.3 is 0 Å². The van der Waals surface area contributed by atoms with Gasteiger partial charge in [-0.15, -0.1) is 0 Å². The average molecular weight is 179 g/mol. The summed E-state index contributed by atoms with van der Waals surface area (Å²) >= 11 is 0. The fourth-order valence-corrected chi connectivity index (χ4v) is 1.48. The van der Waals surface area contributed by atoms with E-state index in [4.69, 9.17) is 10.5 Å². The quantitative estimate of drug-likeness (QED) is 0.695. The highest BCUT2D eigenvalue weighted by Crippen LogP contribution is 2.34. The van der Waals surface area contributed by atoms with Gasteiger partial charge in [-0.25, -0.2) is 8.78 Å². The van der Waals surface area contributed by atoms with Crippen molar-refractivity contribution in [2.45, 2.75) is 32.2 Å². The molecule has 1 unspecified atom stereocenters. The Hall–Kier alpha value is -0.220. The number of alkyl halides is 2. The van der Waals surface area contributed by atoms with E-state index >= 15 is 0 Å². The predicted octanol–water partition coefficient (Wildman–Crippen LogP) is 1.40. The second-order valence-electron chi connectivity index (χ2n) is 3.63. The molecule has 0 bridgehead atoms. The van der Waals surface area contributed by atoms with Gasteiger partial charge in [-0.3, -0.25) is 0 Å². The van der Waals surface area contributed by atoms with E-state index in [2.05, 4.69) is 0 Å². The largest absolute Gasteiger partial charge is 0.381 e. The summed E-state index contributed by atoms with van der Waals surface area (Å²) in [4.78, 5) is 0. The lowest BCUT2D eigenvalue weighted by molar-refractivity contribution is -0.0283. The minimum absolute atomic E-state index is 0.438. The lowest BCUT2D eigenvalue weighted by atomic mass is 9.76. The molecule has 0 aromatic heterocycles. The highest BCUT2D eigenvalue weighted by Gasteiger charge is 2.38. The van der Waals surface area contributed by atoms with Gasteiger partial charge in [-0.05, 0) is 18.3 Å². The van der Waals surface area contributed by atoms with Crippen LogP contribution in [0.2, 0.25) is 0 Å². The van der Waals surface area contributed by atoms with E-state index in [1.54, 1.807) is 0 Å². The summed E-state index contributed by atoms with van der Waals surface area (Å²) < 4.78 is 29.7. The molecule has 12 heavy (non-hydrogen) atoms. The van der Waals surface area contributed by atoms with Crippen molar-refractivity contribution in [3.8, 4) is 0 Å². The Bertz CT molecular complexity index is 146. The zero-order valence-electron chi connectivity index (χ0n) is 7.22. The zero-order valence-corrected chi connectivity index (χ0v) is 7.22. The molecule has 72 valence electrons. The molecule has 0 spiro atoms. The minimum atomic E-state index is -2.42. The smallest absolute Gasteiger partial charge is 0.254 e. The summed E-state index contributed by atoms with van der Waals surface area (Å²) in [6, 6.07) is -1.01. The molecule has 1 heterocycles. The summed E-state index contributed by atoms with van der Waals surface area (Å²) in [5, 5.41) is 0. The molecule has 0 aromatic rings. The first-order chi connectivity index (χ1) is 5.56. The van der Waals surface area contributed by atoms with E-state index in [-0.39, 0.29) is 0 Å². The summed E-state index contributed by atoms with van der Waals surface area (Å²) in [6.45, 7) is 2.92. The third kappa shape index (κ3) is 1.93. The first-order valence-corrected chi connectivity index (χ1v) is 4.18. The number of nitrogens with two attached hydrogens (primary N) is 1. The van der Waals surface area contributed by atoms with Crippen molar-refractivity contribution < 1.29 is 13.5 Å². The molecule has 1 saturated heterocycles. The Morgan fingerprint density at radius 2 is 1.83 bits per heavy atom. The fraction of sp³-hybridized carbons (Fsp3) is 1.00. The van der Waals surface area contributed by atoms with E-state index in [0.29, 0.717) is 26.1 Å². The highest BCUT2D eigenvalue weighted by atomic mass is 19.3. The zero-order chi connectivity index (χ0) is 9.19. The normalized spacial score (nSPS) is 25.8. The standard InChI is InChI=1S/C8H15F2NO/c1-8(6(11)7(9)10)2-4-12-5-3-8/h6-7H,2-5,11H2,1H3. The molecule has 1 aliphatic rings. The highest BCUT2D eigenvalue weighted by molar-refractivity contribution is 4.88. The van der Waals surface area contributed by atoms with Crippen molar-refractivity contribution in [2.75, 3.05) is 13.2 Å². The van der Waals surface area contributed by atoms with Gasteiger partial charge in [0.1, 0.15) is 0 Å². The van der Waals surface area contributed by atoms with Crippen LogP contribution < -0.4 is 5.73 Å². The summed E-state index contributed by atoms with van der Waals surface area (Å²) in [7, 11) is 0. The van der Waals surface area contributed by atoms with E-state index < -0.39 is 17.9 Å². The van der Waals surface area contributed by atoms with E-state index in [0.717, 1.165) is 0 Å². The third-order valence-electron chi connectivity index (χ3n) is 2.71. The monoisotopic (exact) mass is 179 g/mol. The van der Waals surface area contributed by atoms with Crippen LogP contribution in [0.25, 0.3) is 0 Å². The van der Waals surface area contributed by atoms with E-state index in [1.807, 2.05) is 6.92 Å². The van der Waals surface area contributed by atoms with Crippen LogP contribution in [0, 0.1) is 5.41 Å². The topological polar surface area (TPSA) is 35.2 Å². The maximum atomic E-state index is 12.3. The summed E-state index contributed by atoms with van der Waals surface area (Å²) in [5.41, 5.74) is 4.98. The molecule has 4 heteroatoms. The number of hydrogen-bond acceptors (Lipinski definition) is 2. The van der Waals surface area contributed by atoms with Crippen LogP contribution in [0.15, 0.2) is 0 Å². The maximum Gasteiger partial charge on any atom is 0.254 e. The van der Waals surface area contributed by atoms with E-state index in [9.17, 15) is 8.78 Å². The van der Waals surface area contributed by atoms with Gasteiger partial charge in [0.15, 0.2) is 0 Å². The van der Waals surface area contributed by atoms with Crippen molar-refractivity contribution in [1.82, 2.24) is 0 Å². The molecule has 0 saturated carbocycles. The number of ether oxygens (including phenoxy) is 1. The van der Waals surface area contributed by atoms with Crippen molar-refractivity contribution in [2.24, 2.45) is 11.1 Å². The van der Waals surface area contributed by atoms with Gasteiger partial charge < -0.3 is 10.5 Å². The van der Waals surface area contributed by atoms with Gasteiger partial charge in [0, 0.05) is 13.2 Å². The van der Waals surface area contributed by atoms with Gasteiger partial charge in [-0.1, -0.05) is 6.92 Å². The van der Waals surface area contributed by atoms with Gasteiger partial charge in [0.2, 0.25) is 0 Å². The SMILES string of the molecule is CC1(C(N)C(F)F)CCOCC1. The van der Waals surface area contributed by atoms with Crippen LogP contribution in [0.1, 0.15) is 19.8 Å². The Labute approximate surface area is 71.1 Å². The van der Waals surface area contributed by atoms with Crippen LogP contribution in [-0.4, -0.2) is 25.7 Å². The number of hydrogen-bond donors (Lipinski definition) is 1. The predicted molar refractivity (Wildman–Crippen MR) is 42.1 cm³/mol. The van der Waals surface area contributed by atoms with Gasteiger partial charge in [0.25, 0.3) is 6.43 Å². The molecule has 1 rings (SSSR count). The van der Waals surface area contributed by atoms with Crippen LogP contribution in [0.5, 0.6) is 0 Å². The lowest BCUT2D eigenvalue weighted by Crippen LogP contribution is -2.47. The number of rotatable bonds is 2. The van der Waals surface area contributed by atoms with Crippen LogP contribution in [0.3, 0.4) is 0 Å². The molecule has 0 aliphatic carbocycles. The van der Waals surface area contributed by atoms with Crippen LogP contribution in [0.4, 0.5) is 8.78 Å². The lowest BCUT2D eigenvalue weighted by Gasteiger charge is -2.38. The summed E-state index contributed by atoms with van der Waals surface area (Å²) in [6.07, 6.45) is -1.15. The van der Waals surface area contributed by atoms with Crippen molar-refractivity contribution in [3.63, 3.8) is 0 Å². The van der Waals surface area contributed by atoms with E-state index in [1.165, 1.54) is 0 Å². The molecule has 2 N–H and O–H groups in total. The van der Waals surface area contributed by atoms with Crippen molar-refractivity contribution >= 4 is 0 Å². The second-order valence-corrected chi connectivity index (χ2v) is 3.63. The molecule has 1 atom stereocenters. The molecule has 1 aliphatic heterocycles. The molecule has 2 nitrogen and oxygen atoms in total. The minimum Gasteiger partial charge on any atom is -0.381 e. The Kier molecular flexibility index (Phi) is 3.01. The molecular formula is C8H15F2NO. The van der Waals surface area contributed by atoms with Crippen molar-refractivity contribution in [3.05, 3.63) is 0 Å². The Morgan fingerprint density at radius 3 is 2.25 bits per heavy atom. The maximum absolute atomic E-state index is 12.3. The fourth-order valence-electron chi connectivity index (χ4n) is 1.48. The molecule has 0 radical (unpaired) electrons. The van der Waals surface area contributed by atoms with Crippen LogP contribution in [-0.2, 0) is 4.74 Å².